The average molecular weight is 234 g/mol. The monoisotopic (exact) mass is 234 g/mol. The molecular weight excluding hydrogens is 212 g/mol. The molecule has 1 aliphatic carbocycles. The van der Waals surface area contributed by atoms with Gasteiger partial charge in [0.2, 0.25) is 0 Å². The number of aromatic amines is 1. The molecule has 2 rings (SSSR count). The largest absolute Gasteiger partial charge is 0.357 e. The van der Waals surface area contributed by atoms with Gasteiger partial charge in [0.15, 0.2) is 0 Å². The molecule has 1 atom stereocenters. The average Bonchev–Trinajstić information content (AvgIpc) is 2.91. The van der Waals surface area contributed by atoms with E-state index in [1.54, 1.807) is 6.20 Å². The Labute approximate surface area is 103 Å². The molecular formula is C14H22N2O. The zero-order valence-corrected chi connectivity index (χ0v) is 10.8. The molecule has 1 saturated carbocycles. The first-order valence-corrected chi connectivity index (χ1v) is 6.60. The molecule has 0 spiro atoms. The van der Waals surface area contributed by atoms with Crippen LogP contribution in [0.25, 0.3) is 0 Å². The minimum atomic E-state index is 0.105. The molecule has 0 bridgehead atoms. The lowest BCUT2D eigenvalue weighted by atomic mass is 9.84. The maximum Gasteiger partial charge on any atom is 0.270 e. The number of rotatable bonds is 3. The highest BCUT2D eigenvalue weighted by Crippen LogP contribution is 2.28. The number of aromatic nitrogens is 1. The molecule has 3 heteroatoms. The summed E-state index contributed by atoms with van der Waals surface area (Å²) < 4.78 is 0. The van der Waals surface area contributed by atoms with E-state index in [0.717, 1.165) is 0 Å². The molecule has 17 heavy (non-hydrogen) atoms. The van der Waals surface area contributed by atoms with Crippen molar-refractivity contribution in [3.8, 4) is 0 Å². The summed E-state index contributed by atoms with van der Waals surface area (Å²) in [6, 6.07) is 4.05. The van der Waals surface area contributed by atoms with E-state index in [9.17, 15) is 4.79 Å². The first-order chi connectivity index (χ1) is 8.20. The van der Waals surface area contributed by atoms with Crippen molar-refractivity contribution < 1.29 is 4.79 Å². The van der Waals surface area contributed by atoms with Crippen LogP contribution in [0, 0.1) is 5.92 Å². The fraction of sp³-hybridized carbons (Fsp3) is 0.643. The second kappa shape index (κ2) is 5.39. The quantitative estimate of drug-likeness (QED) is 0.857. The SMILES string of the molecule is C[C@@H](C1CCCCC1)N(C)C(=O)c1ccc[nH]1. The van der Waals surface area contributed by atoms with Gasteiger partial charge in [0, 0.05) is 19.3 Å². The summed E-state index contributed by atoms with van der Waals surface area (Å²) in [5, 5.41) is 0. The summed E-state index contributed by atoms with van der Waals surface area (Å²) in [7, 11) is 1.92. The normalized spacial score (nSPS) is 18.9. The van der Waals surface area contributed by atoms with Gasteiger partial charge in [-0.1, -0.05) is 19.3 Å². The molecule has 1 amide bonds. The Hall–Kier alpha value is -1.25. The number of amides is 1. The molecule has 1 N–H and O–H groups in total. The molecule has 1 aromatic heterocycles. The highest BCUT2D eigenvalue weighted by Gasteiger charge is 2.26. The lowest BCUT2D eigenvalue weighted by Crippen LogP contribution is -2.40. The van der Waals surface area contributed by atoms with Crippen molar-refractivity contribution in [1.29, 1.82) is 0 Å². The van der Waals surface area contributed by atoms with Crippen LogP contribution >= 0.6 is 0 Å². The molecule has 0 unspecified atom stereocenters. The van der Waals surface area contributed by atoms with E-state index in [-0.39, 0.29) is 5.91 Å². The summed E-state index contributed by atoms with van der Waals surface area (Å²) in [6.07, 6.45) is 8.33. The van der Waals surface area contributed by atoms with Crippen molar-refractivity contribution in [3.05, 3.63) is 24.0 Å². The van der Waals surface area contributed by atoms with Crippen LogP contribution in [-0.4, -0.2) is 28.9 Å². The smallest absolute Gasteiger partial charge is 0.270 e. The molecule has 0 radical (unpaired) electrons. The van der Waals surface area contributed by atoms with Crippen LogP contribution in [0.3, 0.4) is 0 Å². The van der Waals surface area contributed by atoms with E-state index in [1.807, 2.05) is 24.1 Å². The fourth-order valence-corrected chi connectivity index (χ4v) is 2.77. The van der Waals surface area contributed by atoms with E-state index >= 15 is 0 Å². The highest BCUT2D eigenvalue weighted by atomic mass is 16.2. The topological polar surface area (TPSA) is 36.1 Å². The van der Waals surface area contributed by atoms with Gasteiger partial charge in [-0.3, -0.25) is 4.79 Å². The molecule has 0 aliphatic heterocycles. The van der Waals surface area contributed by atoms with E-state index in [2.05, 4.69) is 11.9 Å². The summed E-state index contributed by atoms with van der Waals surface area (Å²) in [5.74, 6) is 0.778. The van der Waals surface area contributed by atoms with Gasteiger partial charge in [0.25, 0.3) is 5.91 Å². The number of H-pyrrole nitrogens is 1. The highest BCUT2D eigenvalue weighted by molar-refractivity contribution is 5.92. The van der Waals surface area contributed by atoms with E-state index < -0.39 is 0 Å². The molecule has 1 aromatic rings. The number of carbonyl (C=O) groups is 1. The molecule has 0 aromatic carbocycles. The molecule has 0 saturated heterocycles. The minimum absolute atomic E-state index is 0.105. The van der Waals surface area contributed by atoms with E-state index in [1.165, 1.54) is 32.1 Å². The standard InChI is InChI=1S/C14H22N2O/c1-11(12-7-4-3-5-8-12)16(2)14(17)13-9-6-10-15-13/h6,9-12,15H,3-5,7-8H2,1-2H3/t11-/m0/s1. The third-order valence-electron chi connectivity index (χ3n) is 4.09. The fourth-order valence-electron chi connectivity index (χ4n) is 2.77. The first kappa shape index (κ1) is 12.2. The van der Waals surface area contributed by atoms with Crippen molar-refractivity contribution in [3.63, 3.8) is 0 Å². The first-order valence-electron chi connectivity index (χ1n) is 6.60. The molecule has 94 valence electrons. The lowest BCUT2D eigenvalue weighted by molar-refractivity contribution is 0.0660. The van der Waals surface area contributed by atoms with E-state index in [4.69, 9.17) is 0 Å². The second-order valence-corrected chi connectivity index (χ2v) is 5.14. The third kappa shape index (κ3) is 2.71. The van der Waals surface area contributed by atoms with Crippen LogP contribution in [0.5, 0.6) is 0 Å². The van der Waals surface area contributed by atoms with Crippen LogP contribution in [0.1, 0.15) is 49.5 Å². The summed E-state index contributed by atoms with van der Waals surface area (Å²) in [5.41, 5.74) is 0.690. The Morgan fingerprint density at radius 3 is 2.71 bits per heavy atom. The van der Waals surface area contributed by atoms with Gasteiger partial charge in [-0.25, -0.2) is 0 Å². The Kier molecular flexibility index (Phi) is 3.87. The maximum atomic E-state index is 12.2. The van der Waals surface area contributed by atoms with E-state index in [0.29, 0.717) is 17.7 Å². The van der Waals surface area contributed by atoms with Crippen molar-refractivity contribution in [2.24, 2.45) is 5.92 Å². The number of hydrogen-bond donors (Lipinski definition) is 1. The van der Waals surface area contributed by atoms with Crippen LogP contribution < -0.4 is 0 Å². The summed E-state index contributed by atoms with van der Waals surface area (Å²) >= 11 is 0. The zero-order valence-electron chi connectivity index (χ0n) is 10.8. The van der Waals surface area contributed by atoms with Gasteiger partial charge in [-0.2, -0.15) is 0 Å². The van der Waals surface area contributed by atoms with Crippen molar-refractivity contribution in [2.75, 3.05) is 7.05 Å². The molecule has 1 fully saturated rings. The van der Waals surface area contributed by atoms with Gasteiger partial charge in [0.05, 0.1) is 0 Å². The maximum absolute atomic E-state index is 12.2. The predicted molar refractivity (Wildman–Crippen MR) is 68.9 cm³/mol. The summed E-state index contributed by atoms with van der Waals surface area (Å²) in [6.45, 7) is 2.18. The predicted octanol–water partition coefficient (Wildman–Crippen LogP) is 3.06. The molecule has 3 nitrogen and oxygen atoms in total. The Morgan fingerprint density at radius 1 is 1.41 bits per heavy atom. The number of nitrogens with zero attached hydrogens (tertiary/aromatic N) is 1. The number of nitrogens with one attached hydrogen (secondary N) is 1. The van der Waals surface area contributed by atoms with Crippen molar-refractivity contribution in [1.82, 2.24) is 9.88 Å². The Bertz CT molecular complexity index is 352. The van der Waals surface area contributed by atoms with Crippen LogP contribution in [0.15, 0.2) is 18.3 Å². The number of hydrogen-bond acceptors (Lipinski definition) is 1. The van der Waals surface area contributed by atoms with Crippen molar-refractivity contribution >= 4 is 5.91 Å². The van der Waals surface area contributed by atoms with Gasteiger partial charge < -0.3 is 9.88 Å². The van der Waals surface area contributed by atoms with Gasteiger partial charge in [-0.05, 0) is 37.8 Å². The van der Waals surface area contributed by atoms with Gasteiger partial charge >= 0.3 is 0 Å². The third-order valence-corrected chi connectivity index (χ3v) is 4.09. The van der Waals surface area contributed by atoms with Crippen LogP contribution in [0.2, 0.25) is 0 Å². The second-order valence-electron chi connectivity index (χ2n) is 5.14. The van der Waals surface area contributed by atoms with Crippen molar-refractivity contribution in [2.45, 2.75) is 45.1 Å². The number of carbonyl (C=O) groups excluding carboxylic acids is 1. The Morgan fingerprint density at radius 2 is 2.12 bits per heavy atom. The zero-order chi connectivity index (χ0) is 12.3. The van der Waals surface area contributed by atoms with Gasteiger partial charge in [-0.15, -0.1) is 0 Å². The molecule has 1 heterocycles. The van der Waals surface area contributed by atoms with Gasteiger partial charge in [0.1, 0.15) is 5.69 Å². The molecule has 1 aliphatic rings. The lowest BCUT2D eigenvalue weighted by Gasteiger charge is -2.34. The summed E-state index contributed by atoms with van der Waals surface area (Å²) in [4.78, 5) is 17.1. The minimum Gasteiger partial charge on any atom is -0.357 e. The van der Waals surface area contributed by atoms with Crippen LogP contribution in [-0.2, 0) is 0 Å². The Balaban J connectivity index is 1.98. The van der Waals surface area contributed by atoms with Crippen LogP contribution in [0.4, 0.5) is 0 Å².